The summed E-state index contributed by atoms with van der Waals surface area (Å²) in [5.41, 5.74) is 0.943. The number of carboxylic acids is 1. The molecule has 1 aromatic rings. The first-order valence-electron chi connectivity index (χ1n) is 8.52. The highest BCUT2D eigenvalue weighted by atomic mass is 16.5. The Hall–Kier alpha value is -2.24. The number of carboxylic acid groups (broad SMARTS) is 1. The molecule has 1 aliphatic heterocycles. The number of rotatable bonds is 4. The number of aliphatic carboxylic acids is 1. The number of benzene rings is 1. The molecule has 2 aliphatic rings. The third-order valence-corrected chi connectivity index (χ3v) is 4.67. The Morgan fingerprint density at radius 3 is 2.62 bits per heavy atom. The number of hydrogen-bond acceptors (Lipinski definition) is 4. The summed E-state index contributed by atoms with van der Waals surface area (Å²) in [6.45, 7) is 1.68. The van der Waals surface area contributed by atoms with Gasteiger partial charge in [-0.15, -0.1) is 0 Å². The predicted molar refractivity (Wildman–Crippen MR) is 87.0 cm³/mol. The first-order chi connectivity index (χ1) is 11.6. The summed E-state index contributed by atoms with van der Waals surface area (Å²) in [6, 6.07) is 5.67. The third kappa shape index (κ3) is 3.99. The highest BCUT2D eigenvalue weighted by Gasteiger charge is 2.30. The summed E-state index contributed by atoms with van der Waals surface area (Å²) in [5, 5.41) is 12.0. The number of amides is 1. The Balaban J connectivity index is 1.56. The fourth-order valence-electron chi connectivity index (χ4n) is 3.30. The van der Waals surface area contributed by atoms with E-state index in [1.165, 1.54) is 0 Å². The summed E-state index contributed by atoms with van der Waals surface area (Å²) in [6.07, 6.45) is 3.51. The first kappa shape index (κ1) is 16.6. The van der Waals surface area contributed by atoms with Crippen LogP contribution in [0.4, 0.5) is 0 Å². The number of nitrogens with one attached hydrogen (secondary N) is 1. The second kappa shape index (κ2) is 7.55. The van der Waals surface area contributed by atoms with Crippen LogP contribution >= 0.6 is 0 Å². The van der Waals surface area contributed by atoms with E-state index < -0.39 is 11.9 Å². The molecule has 6 heteroatoms. The molecule has 6 nitrogen and oxygen atoms in total. The number of ether oxygens (including phenoxy) is 2. The van der Waals surface area contributed by atoms with Crippen LogP contribution in [0.2, 0.25) is 0 Å². The van der Waals surface area contributed by atoms with Gasteiger partial charge in [-0.2, -0.15) is 0 Å². The zero-order chi connectivity index (χ0) is 16.9. The van der Waals surface area contributed by atoms with E-state index in [1.807, 2.05) is 18.2 Å². The Kier molecular flexibility index (Phi) is 5.23. The molecule has 2 unspecified atom stereocenters. The van der Waals surface area contributed by atoms with Crippen LogP contribution in [0.15, 0.2) is 18.2 Å². The molecule has 1 aromatic carbocycles. The van der Waals surface area contributed by atoms with Gasteiger partial charge in [0.05, 0.1) is 19.1 Å². The Labute approximate surface area is 141 Å². The van der Waals surface area contributed by atoms with Crippen molar-refractivity contribution in [2.75, 3.05) is 13.2 Å². The van der Waals surface area contributed by atoms with Crippen molar-refractivity contribution >= 4 is 11.9 Å². The Morgan fingerprint density at radius 2 is 1.83 bits per heavy atom. The van der Waals surface area contributed by atoms with Gasteiger partial charge >= 0.3 is 5.97 Å². The highest BCUT2D eigenvalue weighted by molar-refractivity contribution is 5.80. The second-order valence-corrected chi connectivity index (χ2v) is 6.45. The van der Waals surface area contributed by atoms with E-state index >= 15 is 0 Å². The van der Waals surface area contributed by atoms with Crippen LogP contribution in [0.25, 0.3) is 0 Å². The lowest BCUT2D eigenvalue weighted by molar-refractivity contribution is -0.144. The van der Waals surface area contributed by atoms with Gasteiger partial charge in [0.25, 0.3) is 0 Å². The molecule has 24 heavy (non-hydrogen) atoms. The molecule has 2 N–H and O–H groups in total. The Bertz CT molecular complexity index is 615. The van der Waals surface area contributed by atoms with E-state index in [-0.39, 0.29) is 11.8 Å². The molecular formula is C18H23NO5. The maximum atomic E-state index is 12.3. The van der Waals surface area contributed by atoms with E-state index in [0.717, 1.165) is 30.6 Å². The van der Waals surface area contributed by atoms with Gasteiger partial charge in [0, 0.05) is 18.9 Å². The normalized spacial score (nSPS) is 23.2. The minimum atomic E-state index is -0.796. The van der Waals surface area contributed by atoms with Gasteiger partial charge in [-0.05, 0) is 37.0 Å². The summed E-state index contributed by atoms with van der Waals surface area (Å²) >= 11 is 0. The van der Waals surface area contributed by atoms with Crippen LogP contribution in [0.3, 0.4) is 0 Å². The van der Waals surface area contributed by atoms with E-state index in [4.69, 9.17) is 14.6 Å². The third-order valence-electron chi connectivity index (χ3n) is 4.67. The quantitative estimate of drug-likeness (QED) is 0.883. The minimum absolute atomic E-state index is 0.0620. The monoisotopic (exact) mass is 333 g/mol. The van der Waals surface area contributed by atoms with Gasteiger partial charge in [0.2, 0.25) is 5.91 Å². The molecule has 1 aliphatic carbocycles. The average molecular weight is 333 g/mol. The van der Waals surface area contributed by atoms with Gasteiger partial charge in [0.15, 0.2) is 11.5 Å². The van der Waals surface area contributed by atoms with E-state index in [2.05, 4.69) is 5.32 Å². The van der Waals surface area contributed by atoms with Crippen LogP contribution in [-0.4, -0.2) is 30.2 Å². The maximum absolute atomic E-state index is 12.3. The van der Waals surface area contributed by atoms with E-state index in [9.17, 15) is 9.59 Å². The Morgan fingerprint density at radius 1 is 1.08 bits per heavy atom. The SMILES string of the molecule is O=C(O)C1CCCC(C(=O)NCc2ccc3c(c2)OCCCO3)C1. The molecule has 2 atom stereocenters. The molecule has 0 spiro atoms. The molecule has 3 rings (SSSR count). The summed E-state index contributed by atoms with van der Waals surface area (Å²) in [5.74, 6) is -0.0155. The lowest BCUT2D eigenvalue weighted by Gasteiger charge is -2.25. The number of hydrogen-bond donors (Lipinski definition) is 2. The number of carbonyl (C=O) groups is 2. The van der Waals surface area contributed by atoms with E-state index in [1.54, 1.807) is 0 Å². The van der Waals surface area contributed by atoms with Crippen LogP contribution in [-0.2, 0) is 16.1 Å². The van der Waals surface area contributed by atoms with Crippen molar-refractivity contribution in [1.82, 2.24) is 5.32 Å². The predicted octanol–water partition coefficient (Wildman–Crippen LogP) is 2.36. The second-order valence-electron chi connectivity index (χ2n) is 6.45. The number of carbonyl (C=O) groups excluding carboxylic acids is 1. The topological polar surface area (TPSA) is 84.9 Å². The molecule has 1 fully saturated rings. The fourth-order valence-corrected chi connectivity index (χ4v) is 3.30. The smallest absolute Gasteiger partial charge is 0.306 e. The summed E-state index contributed by atoms with van der Waals surface area (Å²) in [4.78, 5) is 23.4. The zero-order valence-corrected chi connectivity index (χ0v) is 13.6. The van der Waals surface area contributed by atoms with Crippen molar-refractivity contribution in [3.8, 4) is 11.5 Å². The van der Waals surface area contributed by atoms with Gasteiger partial charge < -0.3 is 19.9 Å². The average Bonchev–Trinajstić information content (AvgIpc) is 2.84. The molecule has 1 heterocycles. The lowest BCUT2D eigenvalue weighted by atomic mass is 9.81. The van der Waals surface area contributed by atoms with E-state index in [0.29, 0.717) is 38.3 Å². The number of fused-ring (bicyclic) bond motifs is 1. The van der Waals surface area contributed by atoms with Crippen molar-refractivity contribution in [2.45, 2.75) is 38.6 Å². The van der Waals surface area contributed by atoms with Crippen LogP contribution in [0.5, 0.6) is 11.5 Å². The van der Waals surface area contributed by atoms with Gasteiger partial charge in [-0.25, -0.2) is 0 Å². The molecule has 1 amide bonds. The minimum Gasteiger partial charge on any atom is -0.490 e. The van der Waals surface area contributed by atoms with Crippen molar-refractivity contribution in [3.63, 3.8) is 0 Å². The van der Waals surface area contributed by atoms with Crippen molar-refractivity contribution in [3.05, 3.63) is 23.8 Å². The van der Waals surface area contributed by atoms with Gasteiger partial charge in [-0.3, -0.25) is 9.59 Å². The lowest BCUT2D eigenvalue weighted by Crippen LogP contribution is -2.35. The van der Waals surface area contributed by atoms with Crippen LogP contribution < -0.4 is 14.8 Å². The standard InChI is InChI=1S/C18H23NO5/c20-17(13-3-1-4-14(10-13)18(21)22)19-11-12-5-6-15-16(9-12)24-8-2-7-23-15/h5-6,9,13-14H,1-4,7-8,10-11H2,(H,19,20)(H,21,22). The molecule has 0 aromatic heterocycles. The van der Waals surface area contributed by atoms with Crippen molar-refractivity contribution in [2.24, 2.45) is 11.8 Å². The van der Waals surface area contributed by atoms with Crippen LogP contribution in [0, 0.1) is 11.8 Å². The first-order valence-corrected chi connectivity index (χ1v) is 8.52. The van der Waals surface area contributed by atoms with Crippen LogP contribution in [0.1, 0.15) is 37.7 Å². The largest absolute Gasteiger partial charge is 0.490 e. The molecule has 1 saturated carbocycles. The van der Waals surface area contributed by atoms with Crippen molar-refractivity contribution < 1.29 is 24.2 Å². The summed E-state index contributed by atoms with van der Waals surface area (Å²) in [7, 11) is 0. The highest BCUT2D eigenvalue weighted by Crippen LogP contribution is 2.31. The molecule has 0 bridgehead atoms. The molecule has 130 valence electrons. The fraction of sp³-hybridized carbons (Fsp3) is 0.556. The molecule has 0 radical (unpaired) electrons. The molecular weight excluding hydrogens is 310 g/mol. The zero-order valence-electron chi connectivity index (χ0n) is 13.6. The van der Waals surface area contributed by atoms with Gasteiger partial charge in [0.1, 0.15) is 0 Å². The summed E-state index contributed by atoms with van der Waals surface area (Å²) < 4.78 is 11.2. The maximum Gasteiger partial charge on any atom is 0.306 e. The van der Waals surface area contributed by atoms with Crippen molar-refractivity contribution in [1.29, 1.82) is 0 Å². The van der Waals surface area contributed by atoms with Gasteiger partial charge in [-0.1, -0.05) is 12.5 Å². The molecule has 0 saturated heterocycles.